The molecule has 0 fully saturated rings. The minimum atomic E-state index is -0.588. The van der Waals surface area contributed by atoms with Gasteiger partial charge in [-0.3, -0.25) is 10.1 Å². The number of aliphatic hydroxyl groups is 1. The van der Waals surface area contributed by atoms with Gasteiger partial charge >= 0.3 is 6.09 Å². The lowest BCUT2D eigenvalue weighted by Gasteiger charge is -2.12. The summed E-state index contributed by atoms with van der Waals surface area (Å²) in [5.74, 6) is -0.303. The van der Waals surface area contributed by atoms with Gasteiger partial charge in [0.2, 0.25) is 0 Å². The first-order chi connectivity index (χ1) is 11.6. The first-order valence-corrected chi connectivity index (χ1v) is 7.58. The molecule has 0 saturated heterocycles. The number of anilines is 1. The summed E-state index contributed by atoms with van der Waals surface area (Å²) < 4.78 is 5.17. The molecule has 2 aromatic rings. The molecule has 0 aliphatic carbocycles. The second-order valence-corrected chi connectivity index (χ2v) is 5.14. The molecule has 126 valence electrons. The summed E-state index contributed by atoms with van der Waals surface area (Å²) in [5, 5.41) is 14.0. The van der Waals surface area contributed by atoms with Gasteiger partial charge in [0.25, 0.3) is 5.91 Å². The number of nitrogens with one attached hydrogen (secondary N) is 2. The third-order valence-corrected chi connectivity index (χ3v) is 3.43. The van der Waals surface area contributed by atoms with Crippen LogP contribution in [0.3, 0.4) is 0 Å². The van der Waals surface area contributed by atoms with E-state index >= 15 is 0 Å². The Balaban J connectivity index is 1.99. The largest absolute Gasteiger partial charge is 0.444 e. The second-order valence-electron chi connectivity index (χ2n) is 5.14. The van der Waals surface area contributed by atoms with Crippen LogP contribution in [0.4, 0.5) is 10.5 Å². The number of hydrogen-bond donors (Lipinski definition) is 3. The second kappa shape index (κ2) is 8.69. The Morgan fingerprint density at radius 2 is 1.83 bits per heavy atom. The van der Waals surface area contributed by atoms with Crippen molar-refractivity contribution in [3.05, 3.63) is 65.2 Å². The third-order valence-electron chi connectivity index (χ3n) is 3.43. The van der Waals surface area contributed by atoms with Crippen LogP contribution in [0.25, 0.3) is 0 Å². The molecule has 0 aliphatic rings. The number of rotatable bonds is 6. The van der Waals surface area contributed by atoms with E-state index in [-0.39, 0.29) is 25.7 Å². The molecule has 0 unspecified atom stereocenters. The molecule has 0 saturated carbocycles. The van der Waals surface area contributed by atoms with E-state index in [4.69, 9.17) is 9.84 Å². The van der Waals surface area contributed by atoms with Crippen molar-refractivity contribution in [1.82, 2.24) is 5.32 Å². The van der Waals surface area contributed by atoms with Crippen molar-refractivity contribution in [2.24, 2.45) is 0 Å². The van der Waals surface area contributed by atoms with E-state index in [1.165, 1.54) is 0 Å². The third kappa shape index (κ3) is 4.82. The Morgan fingerprint density at radius 1 is 1.08 bits per heavy atom. The fourth-order valence-corrected chi connectivity index (χ4v) is 2.15. The molecular formula is C18H20N2O4. The molecule has 6 nitrogen and oxygen atoms in total. The van der Waals surface area contributed by atoms with E-state index in [9.17, 15) is 9.59 Å². The average Bonchev–Trinajstić information content (AvgIpc) is 2.60. The van der Waals surface area contributed by atoms with Gasteiger partial charge in [-0.1, -0.05) is 36.4 Å². The number of hydrogen-bond acceptors (Lipinski definition) is 4. The Morgan fingerprint density at radius 3 is 2.54 bits per heavy atom. The number of carbonyl (C=O) groups is 2. The number of amides is 2. The first kappa shape index (κ1) is 17.5. The van der Waals surface area contributed by atoms with Gasteiger partial charge in [0, 0.05) is 17.8 Å². The number of aliphatic hydroxyl groups excluding tert-OH is 1. The van der Waals surface area contributed by atoms with Crippen LogP contribution in [-0.4, -0.2) is 30.3 Å². The molecule has 2 aromatic carbocycles. The van der Waals surface area contributed by atoms with Crippen molar-refractivity contribution in [3.8, 4) is 0 Å². The van der Waals surface area contributed by atoms with Crippen LogP contribution < -0.4 is 10.6 Å². The van der Waals surface area contributed by atoms with Crippen LogP contribution in [0.2, 0.25) is 0 Å². The molecule has 24 heavy (non-hydrogen) atoms. The minimum absolute atomic E-state index is 0.130. The van der Waals surface area contributed by atoms with E-state index in [1.807, 2.05) is 30.3 Å². The van der Waals surface area contributed by atoms with Crippen LogP contribution in [0.1, 0.15) is 21.5 Å². The fourth-order valence-electron chi connectivity index (χ4n) is 2.15. The van der Waals surface area contributed by atoms with Crippen LogP contribution >= 0.6 is 0 Å². The monoisotopic (exact) mass is 328 g/mol. The summed E-state index contributed by atoms with van der Waals surface area (Å²) in [6.07, 6.45) is -0.588. The zero-order chi connectivity index (χ0) is 17.4. The normalized spacial score (nSPS) is 10.1. The fraction of sp³-hybridized carbons (Fsp3) is 0.222. The maximum Gasteiger partial charge on any atom is 0.411 e. The molecule has 0 radical (unpaired) electrons. The smallest absolute Gasteiger partial charge is 0.411 e. The molecule has 0 bridgehead atoms. The van der Waals surface area contributed by atoms with Gasteiger partial charge in [-0.25, -0.2) is 4.79 Å². The summed E-state index contributed by atoms with van der Waals surface area (Å²) in [5.41, 5.74) is 2.46. The molecule has 0 aliphatic heterocycles. The quantitative estimate of drug-likeness (QED) is 0.760. The molecular weight excluding hydrogens is 308 g/mol. The lowest BCUT2D eigenvalue weighted by molar-refractivity contribution is 0.0944. The van der Waals surface area contributed by atoms with Gasteiger partial charge in [0.05, 0.1) is 6.61 Å². The SMILES string of the molecule is Cc1c(NC(=O)OCc2ccccc2)cccc1C(=O)NCCO. The summed E-state index contributed by atoms with van der Waals surface area (Å²) in [7, 11) is 0. The molecule has 0 atom stereocenters. The molecule has 0 heterocycles. The number of ether oxygens (including phenoxy) is 1. The summed E-state index contributed by atoms with van der Waals surface area (Å²) in [6, 6.07) is 14.4. The maximum atomic E-state index is 12.0. The van der Waals surface area contributed by atoms with Crippen molar-refractivity contribution < 1.29 is 19.4 Å². The highest BCUT2D eigenvalue weighted by molar-refractivity contribution is 5.98. The van der Waals surface area contributed by atoms with Gasteiger partial charge in [-0.05, 0) is 30.2 Å². The van der Waals surface area contributed by atoms with E-state index < -0.39 is 6.09 Å². The van der Waals surface area contributed by atoms with Gasteiger partial charge in [0.15, 0.2) is 0 Å². The zero-order valence-electron chi connectivity index (χ0n) is 13.4. The van der Waals surface area contributed by atoms with Gasteiger partial charge < -0.3 is 15.2 Å². The minimum Gasteiger partial charge on any atom is -0.444 e. The summed E-state index contributed by atoms with van der Waals surface area (Å²) >= 11 is 0. The topological polar surface area (TPSA) is 87.7 Å². The van der Waals surface area contributed by atoms with Gasteiger partial charge in [-0.2, -0.15) is 0 Å². The standard InChI is InChI=1S/C18H20N2O4/c1-13-15(17(22)19-10-11-21)8-5-9-16(13)20-18(23)24-12-14-6-3-2-4-7-14/h2-9,21H,10-12H2,1H3,(H,19,22)(H,20,23). The lowest BCUT2D eigenvalue weighted by Crippen LogP contribution is -2.27. The molecule has 6 heteroatoms. The summed E-state index contributed by atoms with van der Waals surface area (Å²) in [4.78, 5) is 23.9. The van der Waals surface area contributed by atoms with Crippen LogP contribution in [-0.2, 0) is 11.3 Å². The van der Waals surface area contributed by atoms with Crippen molar-refractivity contribution in [1.29, 1.82) is 0 Å². The molecule has 0 aromatic heterocycles. The predicted molar refractivity (Wildman–Crippen MR) is 90.8 cm³/mol. The highest BCUT2D eigenvalue weighted by Crippen LogP contribution is 2.19. The predicted octanol–water partition coefficient (Wildman–Crippen LogP) is 2.47. The Bertz CT molecular complexity index is 701. The summed E-state index contributed by atoms with van der Waals surface area (Å²) in [6.45, 7) is 1.95. The first-order valence-electron chi connectivity index (χ1n) is 7.58. The van der Waals surface area contributed by atoms with E-state index in [0.29, 0.717) is 16.8 Å². The van der Waals surface area contributed by atoms with E-state index in [0.717, 1.165) is 5.56 Å². The highest BCUT2D eigenvalue weighted by Gasteiger charge is 2.13. The van der Waals surface area contributed by atoms with Crippen molar-refractivity contribution >= 4 is 17.7 Å². The molecule has 2 amide bonds. The van der Waals surface area contributed by atoms with E-state index in [2.05, 4.69) is 10.6 Å². The van der Waals surface area contributed by atoms with Gasteiger partial charge in [-0.15, -0.1) is 0 Å². The van der Waals surface area contributed by atoms with Crippen LogP contribution in [0.5, 0.6) is 0 Å². The zero-order valence-corrected chi connectivity index (χ0v) is 13.4. The van der Waals surface area contributed by atoms with Crippen LogP contribution in [0, 0.1) is 6.92 Å². The molecule has 2 rings (SSSR count). The van der Waals surface area contributed by atoms with Crippen molar-refractivity contribution in [2.75, 3.05) is 18.5 Å². The molecule has 3 N–H and O–H groups in total. The number of benzene rings is 2. The van der Waals surface area contributed by atoms with E-state index in [1.54, 1.807) is 25.1 Å². The highest BCUT2D eigenvalue weighted by atomic mass is 16.5. The van der Waals surface area contributed by atoms with Gasteiger partial charge in [0.1, 0.15) is 6.61 Å². The Labute approximate surface area is 140 Å². The molecule has 0 spiro atoms. The average molecular weight is 328 g/mol. The Kier molecular flexibility index (Phi) is 6.33. The van der Waals surface area contributed by atoms with Crippen LogP contribution in [0.15, 0.2) is 48.5 Å². The van der Waals surface area contributed by atoms with Crippen molar-refractivity contribution in [3.63, 3.8) is 0 Å². The Hall–Kier alpha value is -2.86. The lowest BCUT2D eigenvalue weighted by atomic mass is 10.1. The number of carbonyl (C=O) groups excluding carboxylic acids is 2. The van der Waals surface area contributed by atoms with Crippen molar-refractivity contribution in [2.45, 2.75) is 13.5 Å². The maximum absolute atomic E-state index is 12.0.